The highest BCUT2D eigenvalue weighted by molar-refractivity contribution is 5.12. The van der Waals surface area contributed by atoms with Gasteiger partial charge in [0.1, 0.15) is 0 Å². The highest BCUT2D eigenvalue weighted by Crippen LogP contribution is 2.42. The second-order valence-electron chi connectivity index (χ2n) is 5.06. The van der Waals surface area contributed by atoms with E-state index in [1.165, 1.54) is 12.8 Å². The van der Waals surface area contributed by atoms with E-state index in [0.29, 0.717) is 12.0 Å². The Morgan fingerprint density at radius 2 is 2.29 bits per heavy atom. The number of aliphatic hydroxyl groups excluding tert-OH is 1. The van der Waals surface area contributed by atoms with Gasteiger partial charge in [-0.25, -0.2) is 0 Å². The molecule has 14 heavy (non-hydrogen) atoms. The number of rotatable bonds is 4. The number of fused-ring (bicyclic) bond motifs is 1. The van der Waals surface area contributed by atoms with Crippen molar-refractivity contribution in [2.24, 2.45) is 17.8 Å². The van der Waals surface area contributed by atoms with E-state index >= 15 is 0 Å². The molecule has 2 aliphatic carbocycles. The Hall–Kier alpha value is -0.340. The first-order valence-electron chi connectivity index (χ1n) is 5.76. The van der Waals surface area contributed by atoms with Crippen molar-refractivity contribution < 1.29 is 5.11 Å². The number of hydrogen-bond donors (Lipinski definition) is 2. The van der Waals surface area contributed by atoms with Gasteiger partial charge in [-0.1, -0.05) is 26.0 Å². The summed E-state index contributed by atoms with van der Waals surface area (Å²) in [4.78, 5) is 0. The lowest BCUT2D eigenvalue weighted by atomic mass is 9.71. The second-order valence-corrected chi connectivity index (χ2v) is 5.06. The van der Waals surface area contributed by atoms with Crippen LogP contribution >= 0.6 is 0 Å². The second kappa shape index (κ2) is 4.03. The number of hydrogen-bond acceptors (Lipinski definition) is 2. The zero-order valence-electron chi connectivity index (χ0n) is 9.11. The average molecular weight is 195 g/mol. The highest BCUT2D eigenvalue weighted by atomic mass is 16.3. The fourth-order valence-electron chi connectivity index (χ4n) is 2.46. The molecule has 1 fully saturated rings. The smallest absolute Gasteiger partial charge is 0.0687 e. The van der Waals surface area contributed by atoms with E-state index in [1.807, 2.05) is 0 Å². The molecular weight excluding hydrogens is 174 g/mol. The normalized spacial score (nSPS) is 37.0. The van der Waals surface area contributed by atoms with Crippen molar-refractivity contribution in [3.63, 3.8) is 0 Å². The maximum Gasteiger partial charge on any atom is 0.0687 e. The lowest BCUT2D eigenvalue weighted by molar-refractivity contribution is 0.0947. The summed E-state index contributed by atoms with van der Waals surface area (Å²) in [6.07, 6.45) is 7.01. The molecule has 0 aromatic carbocycles. The fraction of sp³-hybridized carbons (Fsp3) is 0.833. The third-order valence-corrected chi connectivity index (χ3v) is 3.72. The molecule has 0 saturated heterocycles. The van der Waals surface area contributed by atoms with Crippen molar-refractivity contribution in [3.8, 4) is 0 Å². The van der Waals surface area contributed by atoms with Crippen LogP contribution in [0.1, 0.15) is 26.7 Å². The van der Waals surface area contributed by atoms with E-state index in [9.17, 15) is 5.11 Å². The van der Waals surface area contributed by atoms with Crippen molar-refractivity contribution >= 4 is 0 Å². The van der Waals surface area contributed by atoms with Crippen LogP contribution in [0.2, 0.25) is 0 Å². The van der Waals surface area contributed by atoms with Crippen LogP contribution in [0.5, 0.6) is 0 Å². The fourth-order valence-corrected chi connectivity index (χ4v) is 2.46. The van der Waals surface area contributed by atoms with Crippen molar-refractivity contribution in [1.82, 2.24) is 5.32 Å². The van der Waals surface area contributed by atoms with Crippen LogP contribution < -0.4 is 5.32 Å². The topological polar surface area (TPSA) is 32.3 Å². The Bertz CT molecular complexity index is 224. The molecule has 4 atom stereocenters. The molecule has 0 bridgehead atoms. The zero-order valence-corrected chi connectivity index (χ0v) is 9.11. The summed E-state index contributed by atoms with van der Waals surface area (Å²) >= 11 is 0. The molecular formula is C12H21NO. The van der Waals surface area contributed by atoms with Gasteiger partial charge >= 0.3 is 0 Å². The maximum atomic E-state index is 9.65. The molecule has 0 amide bonds. The van der Waals surface area contributed by atoms with Crippen LogP contribution in [-0.4, -0.2) is 23.8 Å². The molecule has 2 heteroatoms. The Morgan fingerprint density at radius 3 is 2.93 bits per heavy atom. The lowest BCUT2D eigenvalue weighted by Gasteiger charge is -2.41. The summed E-state index contributed by atoms with van der Waals surface area (Å²) in [5.74, 6) is 2.02. The van der Waals surface area contributed by atoms with E-state index in [2.05, 4.69) is 31.3 Å². The molecule has 80 valence electrons. The summed E-state index contributed by atoms with van der Waals surface area (Å²) in [7, 11) is 0. The minimum absolute atomic E-state index is 0.195. The van der Waals surface area contributed by atoms with Crippen molar-refractivity contribution in [3.05, 3.63) is 12.2 Å². The van der Waals surface area contributed by atoms with Crippen molar-refractivity contribution in [2.75, 3.05) is 6.54 Å². The average Bonchev–Trinajstić information content (AvgIpc) is 2.47. The number of allylic oxidation sites excluding steroid dienone is 1. The minimum Gasteiger partial charge on any atom is -0.392 e. The molecule has 0 aromatic rings. The van der Waals surface area contributed by atoms with E-state index < -0.39 is 0 Å². The molecule has 2 N–H and O–H groups in total. The summed E-state index contributed by atoms with van der Waals surface area (Å²) in [5.41, 5.74) is 0. The summed E-state index contributed by atoms with van der Waals surface area (Å²) in [5, 5.41) is 13.1. The van der Waals surface area contributed by atoms with Gasteiger partial charge in [0.05, 0.1) is 6.10 Å². The van der Waals surface area contributed by atoms with E-state index in [-0.39, 0.29) is 6.10 Å². The van der Waals surface area contributed by atoms with Crippen LogP contribution in [0, 0.1) is 17.8 Å². The molecule has 0 radical (unpaired) electrons. The van der Waals surface area contributed by atoms with Crippen LogP contribution in [0.25, 0.3) is 0 Å². The summed E-state index contributed by atoms with van der Waals surface area (Å²) < 4.78 is 0. The third-order valence-electron chi connectivity index (χ3n) is 3.72. The quantitative estimate of drug-likeness (QED) is 0.667. The third kappa shape index (κ3) is 1.86. The van der Waals surface area contributed by atoms with Gasteiger partial charge < -0.3 is 10.4 Å². The first-order chi connectivity index (χ1) is 6.68. The zero-order chi connectivity index (χ0) is 10.1. The highest BCUT2D eigenvalue weighted by Gasteiger charge is 2.40. The SMILES string of the molecule is CC(C)C(O)CNC1CC2CC=CC21. The van der Waals surface area contributed by atoms with Gasteiger partial charge in [0.2, 0.25) is 0 Å². The molecule has 0 spiro atoms. The van der Waals surface area contributed by atoms with Gasteiger partial charge in [0, 0.05) is 12.6 Å². The molecule has 2 nitrogen and oxygen atoms in total. The van der Waals surface area contributed by atoms with Crippen molar-refractivity contribution in [1.29, 1.82) is 0 Å². The van der Waals surface area contributed by atoms with Gasteiger partial charge in [0.25, 0.3) is 0 Å². The Labute approximate surface area is 86.4 Å². The Kier molecular flexibility index (Phi) is 2.93. The van der Waals surface area contributed by atoms with Gasteiger partial charge in [-0.05, 0) is 30.6 Å². The van der Waals surface area contributed by atoms with Gasteiger partial charge in [-0.15, -0.1) is 0 Å². The van der Waals surface area contributed by atoms with Gasteiger partial charge in [-0.3, -0.25) is 0 Å². The molecule has 0 aliphatic heterocycles. The monoisotopic (exact) mass is 195 g/mol. The first kappa shape index (κ1) is 10.2. The molecule has 2 rings (SSSR count). The van der Waals surface area contributed by atoms with Crippen LogP contribution in [0.4, 0.5) is 0 Å². The molecule has 2 aliphatic rings. The Morgan fingerprint density at radius 1 is 1.50 bits per heavy atom. The van der Waals surface area contributed by atoms with Crippen LogP contribution in [0.15, 0.2) is 12.2 Å². The van der Waals surface area contributed by atoms with E-state index in [4.69, 9.17) is 0 Å². The van der Waals surface area contributed by atoms with E-state index in [0.717, 1.165) is 18.4 Å². The summed E-state index contributed by atoms with van der Waals surface area (Å²) in [6, 6.07) is 0.632. The molecule has 1 saturated carbocycles. The lowest BCUT2D eigenvalue weighted by Crippen LogP contribution is -2.50. The van der Waals surface area contributed by atoms with Gasteiger partial charge in [0.15, 0.2) is 0 Å². The summed E-state index contributed by atoms with van der Waals surface area (Å²) in [6.45, 7) is 4.87. The maximum absolute atomic E-state index is 9.65. The number of nitrogens with one attached hydrogen (secondary N) is 1. The van der Waals surface area contributed by atoms with Crippen LogP contribution in [0.3, 0.4) is 0 Å². The molecule has 0 heterocycles. The predicted octanol–water partition coefficient (Wildman–Crippen LogP) is 1.56. The standard InChI is InChI=1S/C12H21NO/c1-8(2)12(14)7-13-11-6-9-4-3-5-10(9)11/h3,5,8-14H,4,6-7H2,1-2H3. The Balaban J connectivity index is 1.70. The molecule has 0 aromatic heterocycles. The van der Waals surface area contributed by atoms with Crippen LogP contribution in [-0.2, 0) is 0 Å². The first-order valence-corrected chi connectivity index (χ1v) is 5.76. The minimum atomic E-state index is -0.195. The predicted molar refractivity (Wildman–Crippen MR) is 58.0 cm³/mol. The van der Waals surface area contributed by atoms with Gasteiger partial charge in [-0.2, -0.15) is 0 Å². The largest absolute Gasteiger partial charge is 0.392 e. The van der Waals surface area contributed by atoms with Crippen molar-refractivity contribution in [2.45, 2.75) is 38.8 Å². The molecule has 4 unspecified atom stereocenters. The number of aliphatic hydroxyl groups is 1. The van der Waals surface area contributed by atoms with E-state index in [1.54, 1.807) is 0 Å².